The quantitative estimate of drug-likeness (QED) is 0.530. The average molecular weight is 223 g/mol. The minimum Gasteiger partial charge on any atom is -0.293 e. The zero-order chi connectivity index (χ0) is 7.71. The van der Waals surface area contributed by atoms with Gasteiger partial charge in [0.25, 0.3) is 0 Å². The standard InChI is InChI=1S/C3H6BrF2O2P/c1-9(2,7)8-3(4,5)6/h1-2H3. The number of hydrogen-bond donors (Lipinski definition) is 0. The Morgan fingerprint density at radius 1 is 1.56 bits per heavy atom. The summed E-state index contributed by atoms with van der Waals surface area (Å²) in [7, 11) is -3.08. The molecule has 6 heteroatoms. The van der Waals surface area contributed by atoms with Crippen LogP contribution in [0, 0.1) is 0 Å². The smallest absolute Gasteiger partial charge is 0.293 e. The fourth-order valence-corrected chi connectivity index (χ4v) is 1.79. The van der Waals surface area contributed by atoms with Gasteiger partial charge in [0.15, 0.2) is 0 Å². The first kappa shape index (κ1) is 9.53. The van der Waals surface area contributed by atoms with Crippen LogP contribution in [0.15, 0.2) is 0 Å². The molecule has 0 fully saturated rings. The summed E-state index contributed by atoms with van der Waals surface area (Å²) in [6, 6.07) is 0. The first-order chi connectivity index (χ1) is 3.71. The van der Waals surface area contributed by atoms with Crippen LogP contribution in [0.5, 0.6) is 0 Å². The zero-order valence-electron chi connectivity index (χ0n) is 4.90. The van der Waals surface area contributed by atoms with Gasteiger partial charge in [-0.05, 0) is 0 Å². The maximum Gasteiger partial charge on any atom is 0.419 e. The molecular weight excluding hydrogens is 217 g/mol. The van der Waals surface area contributed by atoms with Gasteiger partial charge in [-0.2, -0.15) is 8.78 Å². The maximum atomic E-state index is 11.7. The van der Waals surface area contributed by atoms with Crippen molar-refractivity contribution in [2.24, 2.45) is 0 Å². The molecule has 0 N–H and O–H groups in total. The number of alkyl halides is 3. The van der Waals surface area contributed by atoms with Crippen molar-refractivity contribution in [1.29, 1.82) is 0 Å². The predicted molar refractivity (Wildman–Crippen MR) is 34.4 cm³/mol. The topological polar surface area (TPSA) is 26.3 Å². The molecule has 0 bridgehead atoms. The van der Waals surface area contributed by atoms with Crippen LogP contribution in [-0.2, 0) is 9.09 Å². The van der Waals surface area contributed by atoms with E-state index in [9.17, 15) is 13.3 Å². The molecule has 0 aromatic carbocycles. The van der Waals surface area contributed by atoms with Crippen LogP contribution in [0.1, 0.15) is 0 Å². The van der Waals surface area contributed by atoms with Gasteiger partial charge in [0.2, 0.25) is 7.37 Å². The summed E-state index contributed by atoms with van der Waals surface area (Å²) >= 11 is 1.89. The van der Waals surface area contributed by atoms with Crippen molar-refractivity contribution in [3.05, 3.63) is 0 Å². The van der Waals surface area contributed by atoms with Crippen LogP contribution in [0.25, 0.3) is 0 Å². The summed E-state index contributed by atoms with van der Waals surface area (Å²) in [4.78, 5) is 0. The molecule has 56 valence electrons. The molecule has 0 spiro atoms. The van der Waals surface area contributed by atoms with E-state index >= 15 is 0 Å². The molecule has 0 radical (unpaired) electrons. The van der Waals surface area contributed by atoms with Crippen molar-refractivity contribution < 1.29 is 17.9 Å². The van der Waals surface area contributed by atoms with Gasteiger partial charge in [-0.3, -0.25) is 9.09 Å². The molecular formula is C3H6BrF2O2P. The summed E-state index contributed by atoms with van der Waals surface area (Å²) in [5.74, 6) is 0. The lowest BCUT2D eigenvalue weighted by Crippen LogP contribution is -2.07. The third-order valence-corrected chi connectivity index (χ3v) is 1.40. The van der Waals surface area contributed by atoms with E-state index in [0.29, 0.717) is 0 Å². The Balaban J connectivity index is 3.90. The molecule has 0 saturated carbocycles. The molecule has 0 rings (SSSR count). The summed E-state index contributed by atoms with van der Waals surface area (Å²) < 4.78 is 37.7. The van der Waals surface area contributed by atoms with Crippen LogP contribution in [-0.4, -0.2) is 18.3 Å². The van der Waals surface area contributed by atoms with Crippen molar-refractivity contribution >= 4 is 23.3 Å². The van der Waals surface area contributed by atoms with Crippen LogP contribution in [0.2, 0.25) is 0 Å². The van der Waals surface area contributed by atoms with E-state index in [1.165, 1.54) is 0 Å². The summed E-state index contributed by atoms with van der Waals surface area (Å²) in [6.45, 7) is 2.23. The Morgan fingerprint density at radius 2 is 1.89 bits per heavy atom. The van der Waals surface area contributed by atoms with E-state index in [0.717, 1.165) is 13.3 Å². The highest BCUT2D eigenvalue weighted by atomic mass is 79.9. The van der Waals surface area contributed by atoms with Gasteiger partial charge < -0.3 is 0 Å². The zero-order valence-corrected chi connectivity index (χ0v) is 7.38. The fraction of sp³-hybridized carbons (Fsp3) is 1.00. The van der Waals surface area contributed by atoms with Gasteiger partial charge in [0.1, 0.15) is 0 Å². The predicted octanol–water partition coefficient (Wildman–Crippen LogP) is 2.49. The molecule has 0 aliphatic carbocycles. The molecule has 0 amide bonds. The molecule has 0 aliphatic rings. The van der Waals surface area contributed by atoms with Crippen molar-refractivity contribution in [2.75, 3.05) is 13.3 Å². The van der Waals surface area contributed by atoms with Crippen LogP contribution in [0.4, 0.5) is 8.78 Å². The largest absolute Gasteiger partial charge is 0.419 e. The molecule has 0 unspecified atom stereocenters. The molecule has 0 heterocycles. The van der Waals surface area contributed by atoms with Gasteiger partial charge in [0, 0.05) is 29.3 Å². The second kappa shape index (κ2) is 2.64. The van der Waals surface area contributed by atoms with E-state index in [1.807, 2.05) is 15.9 Å². The van der Waals surface area contributed by atoms with E-state index in [1.54, 1.807) is 0 Å². The average Bonchev–Trinajstić information content (AvgIpc) is 1.14. The molecule has 0 atom stereocenters. The lowest BCUT2D eigenvalue weighted by molar-refractivity contribution is -0.0771. The lowest BCUT2D eigenvalue weighted by atomic mass is 11.5. The van der Waals surface area contributed by atoms with Crippen molar-refractivity contribution in [3.63, 3.8) is 0 Å². The lowest BCUT2D eigenvalue weighted by Gasteiger charge is -2.11. The highest BCUT2D eigenvalue weighted by Gasteiger charge is 2.30. The van der Waals surface area contributed by atoms with Crippen LogP contribution >= 0.6 is 23.3 Å². The Hall–Kier alpha value is 0.530. The minimum atomic E-state index is -3.47. The number of halogens is 3. The third kappa shape index (κ3) is 8.53. The first-order valence-corrected chi connectivity index (χ1v) is 5.34. The van der Waals surface area contributed by atoms with Crippen LogP contribution in [0.3, 0.4) is 0 Å². The number of rotatable bonds is 2. The van der Waals surface area contributed by atoms with E-state index in [-0.39, 0.29) is 0 Å². The molecule has 0 aromatic heterocycles. The molecule has 0 aliphatic heterocycles. The third-order valence-electron chi connectivity index (χ3n) is 0.323. The SMILES string of the molecule is CP(C)(=O)OC(F)(F)Br. The Kier molecular flexibility index (Phi) is 2.80. The van der Waals surface area contributed by atoms with Gasteiger partial charge >= 0.3 is 5.02 Å². The summed E-state index contributed by atoms with van der Waals surface area (Å²) in [6.07, 6.45) is 0. The van der Waals surface area contributed by atoms with Gasteiger partial charge in [-0.15, -0.1) is 0 Å². The van der Waals surface area contributed by atoms with Gasteiger partial charge in [-0.25, -0.2) is 0 Å². The van der Waals surface area contributed by atoms with Gasteiger partial charge in [-0.1, -0.05) is 0 Å². The highest BCUT2D eigenvalue weighted by Crippen LogP contribution is 2.45. The normalized spacial score (nSPS) is 13.9. The molecule has 0 saturated heterocycles. The van der Waals surface area contributed by atoms with E-state index in [4.69, 9.17) is 0 Å². The Labute approximate surface area is 60.2 Å². The molecule has 9 heavy (non-hydrogen) atoms. The fourth-order valence-electron chi connectivity index (χ4n) is 0.249. The Morgan fingerprint density at radius 3 is 1.89 bits per heavy atom. The highest BCUT2D eigenvalue weighted by molar-refractivity contribution is 9.09. The van der Waals surface area contributed by atoms with Crippen molar-refractivity contribution in [2.45, 2.75) is 5.02 Å². The second-order valence-electron chi connectivity index (χ2n) is 1.79. The summed E-state index contributed by atoms with van der Waals surface area (Å²) in [5, 5.41) is -3.47. The van der Waals surface area contributed by atoms with Crippen molar-refractivity contribution in [3.8, 4) is 0 Å². The second-order valence-corrected chi connectivity index (χ2v) is 5.40. The van der Waals surface area contributed by atoms with E-state index in [2.05, 4.69) is 4.52 Å². The molecule has 2 nitrogen and oxygen atoms in total. The van der Waals surface area contributed by atoms with Crippen LogP contribution < -0.4 is 0 Å². The maximum absolute atomic E-state index is 11.7. The molecule has 0 aromatic rings. The first-order valence-electron chi connectivity index (χ1n) is 2.03. The van der Waals surface area contributed by atoms with Gasteiger partial charge in [0.05, 0.1) is 0 Å². The monoisotopic (exact) mass is 222 g/mol. The van der Waals surface area contributed by atoms with E-state index < -0.39 is 12.4 Å². The van der Waals surface area contributed by atoms with Crippen molar-refractivity contribution in [1.82, 2.24) is 0 Å². The minimum absolute atomic E-state index is 1.11. The summed E-state index contributed by atoms with van der Waals surface area (Å²) in [5.41, 5.74) is 0. The number of hydrogen-bond acceptors (Lipinski definition) is 2. The Bertz CT molecular complexity index is 137.